The summed E-state index contributed by atoms with van der Waals surface area (Å²) in [7, 11) is 0. The average molecular weight is 493 g/mol. The van der Waals surface area contributed by atoms with Gasteiger partial charge in [-0.25, -0.2) is 4.39 Å². The molecule has 2 aliphatic rings. The minimum absolute atomic E-state index is 0.0805. The minimum atomic E-state index is -0.534. The van der Waals surface area contributed by atoms with Crippen molar-refractivity contribution in [1.82, 2.24) is 10.2 Å². The highest BCUT2D eigenvalue weighted by atomic mass is 35.5. The van der Waals surface area contributed by atoms with Crippen molar-refractivity contribution in [2.24, 2.45) is 5.92 Å². The third-order valence-electron chi connectivity index (χ3n) is 6.84. The molecular formula is C29H30ClFN2O2. The number of carbonyl (C=O) groups is 1. The van der Waals surface area contributed by atoms with Gasteiger partial charge in [0.25, 0.3) is 5.91 Å². The highest BCUT2D eigenvalue weighted by molar-refractivity contribution is 6.31. The number of hydrogen-bond acceptors (Lipinski definition) is 3. The summed E-state index contributed by atoms with van der Waals surface area (Å²) in [4.78, 5) is 14.7. The number of ether oxygens (including phenoxy) is 1. The van der Waals surface area contributed by atoms with E-state index in [4.69, 9.17) is 16.3 Å². The molecule has 1 saturated heterocycles. The number of amides is 1. The molecule has 1 aliphatic carbocycles. The van der Waals surface area contributed by atoms with Gasteiger partial charge < -0.3 is 10.1 Å². The Hall–Kier alpha value is -2.89. The summed E-state index contributed by atoms with van der Waals surface area (Å²) in [6.45, 7) is 4.53. The van der Waals surface area contributed by atoms with Crippen LogP contribution in [0.25, 0.3) is 0 Å². The predicted molar refractivity (Wildman–Crippen MR) is 137 cm³/mol. The number of halogens is 2. The molecule has 0 bridgehead atoms. The topological polar surface area (TPSA) is 41.6 Å². The number of hydrogen-bond donors (Lipinski definition) is 1. The average Bonchev–Trinajstić information content (AvgIpc) is 3.67. The van der Waals surface area contributed by atoms with E-state index in [1.807, 2.05) is 31.2 Å². The molecule has 182 valence electrons. The third-order valence-corrected chi connectivity index (χ3v) is 7.18. The zero-order chi connectivity index (χ0) is 24.4. The van der Waals surface area contributed by atoms with Gasteiger partial charge in [0.05, 0.1) is 18.2 Å². The second-order valence-corrected chi connectivity index (χ2v) is 9.88. The van der Waals surface area contributed by atoms with Crippen LogP contribution in [-0.4, -0.2) is 37.0 Å². The van der Waals surface area contributed by atoms with Gasteiger partial charge in [-0.15, -0.1) is 0 Å². The summed E-state index contributed by atoms with van der Waals surface area (Å²) < 4.78 is 20.9. The van der Waals surface area contributed by atoms with Crippen molar-refractivity contribution in [3.63, 3.8) is 0 Å². The second kappa shape index (κ2) is 10.4. The van der Waals surface area contributed by atoms with Crippen LogP contribution < -0.4 is 10.1 Å². The number of nitrogens with zero attached hydrogens (tertiary/aromatic N) is 1. The van der Waals surface area contributed by atoms with Gasteiger partial charge in [0.15, 0.2) is 0 Å². The van der Waals surface area contributed by atoms with Crippen molar-refractivity contribution in [2.75, 3.05) is 26.2 Å². The Bertz CT molecular complexity index is 1190. The number of nitrogens with one attached hydrogen (secondary N) is 1. The van der Waals surface area contributed by atoms with Crippen LogP contribution in [0.5, 0.6) is 5.75 Å². The largest absolute Gasteiger partial charge is 0.493 e. The maximum absolute atomic E-state index is 14.7. The molecule has 3 aromatic carbocycles. The van der Waals surface area contributed by atoms with Gasteiger partial charge in [-0.2, -0.15) is 0 Å². The third kappa shape index (κ3) is 5.21. The highest BCUT2D eigenvalue weighted by Gasteiger charge is 2.36. The zero-order valence-electron chi connectivity index (χ0n) is 19.8. The Morgan fingerprint density at radius 2 is 1.83 bits per heavy atom. The maximum atomic E-state index is 14.7. The SMILES string of the molecule is CCNC(=O)c1cc(C2CC2)c(OCC2CN([C@H](c3ccccc3)c3ccccc3Cl)C2)cc1F. The van der Waals surface area contributed by atoms with Crippen LogP contribution in [0.15, 0.2) is 66.7 Å². The smallest absolute Gasteiger partial charge is 0.254 e. The zero-order valence-corrected chi connectivity index (χ0v) is 20.6. The molecule has 6 heteroatoms. The monoisotopic (exact) mass is 492 g/mol. The molecule has 0 spiro atoms. The molecule has 5 rings (SSSR count). The standard InChI is InChI=1S/C29H30ClFN2O2/c1-2-32-29(34)24-14-23(20-12-13-20)27(15-26(24)31)35-18-19-16-33(17-19)28(21-8-4-3-5-9-21)22-10-6-7-11-25(22)30/h3-11,14-15,19-20,28H,2,12-13,16-18H2,1H3,(H,32,34)/t28-/m1/s1. The molecule has 35 heavy (non-hydrogen) atoms. The maximum Gasteiger partial charge on any atom is 0.254 e. The molecule has 0 aromatic heterocycles. The van der Waals surface area contributed by atoms with Crippen LogP contribution in [0.1, 0.15) is 58.8 Å². The normalized spacial score (nSPS) is 17.0. The van der Waals surface area contributed by atoms with Crippen LogP contribution in [0.3, 0.4) is 0 Å². The summed E-state index contributed by atoms with van der Waals surface area (Å²) >= 11 is 6.58. The lowest BCUT2D eigenvalue weighted by atomic mass is 9.90. The first-order chi connectivity index (χ1) is 17.0. The van der Waals surface area contributed by atoms with Crippen molar-refractivity contribution in [3.8, 4) is 5.75 Å². The van der Waals surface area contributed by atoms with E-state index in [-0.39, 0.29) is 17.5 Å². The van der Waals surface area contributed by atoms with Gasteiger partial charge in [-0.1, -0.05) is 60.1 Å². The molecule has 4 nitrogen and oxygen atoms in total. The molecule has 1 N–H and O–H groups in total. The summed E-state index contributed by atoms with van der Waals surface area (Å²) in [5.41, 5.74) is 3.35. The van der Waals surface area contributed by atoms with E-state index >= 15 is 0 Å². The van der Waals surface area contributed by atoms with E-state index in [1.54, 1.807) is 6.07 Å². The van der Waals surface area contributed by atoms with Crippen LogP contribution >= 0.6 is 11.6 Å². The lowest BCUT2D eigenvalue weighted by Gasteiger charge is -2.44. The molecule has 1 heterocycles. The molecule has 1 atom stereocenters. The highest BCUT2D eigenvalue weighted by Crippen LogP contribution is 2.45. The number of carbonyl (C=O) groups excluding carboxylic acids is 1. The van der Waals surface area contributed by atoms with Gasteiger partial charge in [0.1, 0.15) is 11.6 Å². The quantitative estimate of drug-likeness (QED) is 0.386. The Kier molecular flexibility index (Phi) is 7.07. The Labute approximate surface area is 211 Å². The molecule has 0 radical (unpaired) electrons. The van der Waals surface area contributed by atoms with E-state index in [0.29, 0.717) is 30.7 Å². The van der Waals surface area contributed by atoms with Crippen molar-refractivity contribution in [3.05, 3.63) is 99.8 Å². The fraction of sp³-hybridized carbons (Fsp3) is 0.345. The van der Waals surface area contributed by atoms with E-state index in [0.717, 1.165) is 42.1 Å². The Morgan fingerprint density at radius 1 is 1.11 bits per heavy atom. The molecule has 2 fully saturated rings. The van der Waals surface area contributed by atoms with Gasteiger partial charge in [-0.3, -0.25) is 9.69 Å². The van der Waals surface area contributed by atoms with Crippen LogP contribution in [0.4, 0.5) is 4.39 Å². The van der Waals surface area contributed by atoms with Crippen molar-refractivity contribution in [2.45, 2.75) is 31.7 Å². The van der Waals surface area contributed by atoms with Gasteiger partial charge in [0.2, 0.25) is 0 Å². The fourth-order valence-corrected chi connectivity index (χ4v) is 5.13. The summed E-state index contributed by atoms with van der Waals surface area (Å²) in [6.07, 6.45) is 2.09. The summed E-state index contributed by atoms with van der Waals surface area (Å²) in [5, 5.41) is 3.45. The fourth-order valence-electron chi connectivity index (χ4n) is 4.89. The first-order valence-corrected chi connectivity index (χ1v) is 12.7. The van der Waals surface area contributed by atoms with Gasteiger partial charge in [-0.05, 0) is 54.5 Å². The van der Waals surface area contributed by atoms with E-state index in [1.165, 1.54) is 11.6 Å². The first kappa shape index (κ1) is 23.8. The van der Waals surface area contributed by atoms with E-state index < -0.39 is 5.82 Å². The molecule has 0 unspecified atom stereocenters. The summed E-state index contributed by atoms with van der Waals surface area (Å²) in [5.74, 6) is 0.344. The van der Waals surface area contributed by atoms with Gasteiger partial charge >= 0.3 is 0 Å². The first-order valence-electron chi connectivity index (χ1n) is 12.3. The second-order valence-electron chi connectivity index (χ2n) is 9.47. The van der Waals surface area contributed by atoms with Crippen LogP contribution in [0, 0.1) is 11.7 Å². The van der Waals surface area contributed by atoms with Crippen LogP contribution in [0.2, 0.25) is 5.02 Å². The molecular weight excluding hydrogens is 463 g/mol. The Balaban J connectivity index is 1.28. The molecule has 3 aromatic rings. The lowest BCUT2D eigenvalue weighted by Crippen LogP contribution is -2.51. The number of likely N-dealkylation sites (tertiary alicyclic amines) is 1. The van der Waals surface area contributed by atoms with Crippen molar-refractivity contribution < 1.29 is 13.9 Å². The van der Waals surface area contributed by atoms with Gasteiger partial charge in [0, 0.05) is 36.6 Å². The van der Waals surface area contributed by atoms with E-state index in [9.17, 15) is 9.18 Å². The summed E-state index contributed by atoms with van der Waals surface area (Å²) in [6, 6.07) is 21.6. The van der Waals surface area contributed by atoms with E-state index in [2.05, 4.69) is 40.5 Å². The minimum Gasteiger partial charge on any atom is -0.493 e. The number of rotatable bonds is 9. The van der Waals surface area contributed by atoms with Crippen molar-refractivity contribution in [1.29, 1.82) is 0 Å². The van der Waals surface area contributed by atoms with Crippen LogP contribution in [-0.2, 0) is 0 Å². The molecule has 1 saturated carbocycles. The Morgan fingerprint density at radius 3 is 2.51 bits per heavy atom. The van der Waals surface area contributed by atoms with Crippen molar-refractivity contribution >= 4 is 17.5 Å². The number of benzene rings is 3. The lowest BCUT2D eigenvalue weighted by molar-refractivity contribution is 0.0376. The molecule has 1 aliphatic heterocycles. The predicted octanol–water partition coefficient (Wildman–Crippen LogP) is 6.21. The molecule has 1 amide bonds.